The van der Waals surface area contributed by atoms with Crippen molar-refractivity contribution in [3.8, 4) is 0 Å². The number of carbonyl (C=O) groups is 2. The van der Waals surface area contributed by atoms with Crippen LogP contribution in [0.2, 0.25) is 0 Å². The van der Waals surface area contributed by atoms with Gasteiger partial charge in [-0.1, -0.05) is 30.3 Å². The molecule has 24 heavy (non-hydrogen) atoms. The van der Waals surface area contributed by atoms with Crippen LogP contribution in [-0.2, 0) is 16.1 Å². The van der Waals surface area contributed by atoms with Gasteiger partial charge in [-0.3, -0.25) is 14.9 Å². The van der Waals surface area contributed by atoms with E-state index in [0.717, 1.165) is 17.7 Å². The topological polar surface area (TPSA) is 103 Å². The fourth-order valence-electron chi connectivity index (χ4n) is 2.01. The quantitative estimate of drug-likeness (QED) is 0.438. The van der Waals surface area contributed by atoms with Crippen LogP contribution in [0, 0.1) is 10.1 Å². The van der Waals surface area contributed by atoms with Crippen LogP contribution in [-0.4, -0.2) is 34.9 Å². The van der Waals surface area contributed by atoms with Gasteiger partial charge in [0.1, 0.15) is 4.92 Å². The first kappa shape index (κ1) is 17.2. The van der Waals surface area contributed by atoms with E-state index in [0.29, 0.717) is 13.1 Å². The predicted molar refractivity (Wildman–Crippen MR) is 83.2 cm³/mol. The number of nitro groups is 1. The Kier molecular flexibility index (Phi) is 5.67. The third kappa shape index (κ3) is 4.42. The minimum absolute atomic E-state index is 0.319. The van der Waals surface area contributed by atoms with E-state index in [1.54, 1.807) is 0 Å². The fourth-order valence-corrected chi connectivity index (χ4v) is 2.01. The zero-order valence-electron chi connectivity index (χ0n) is 13.0. The molecule has 0 spiro atoms. The van der Waals surface area contributed by atoms with E-state index in [1.807, 2.05) is 37.3 Å². The number of furan rings is 1. The van der Waals surface area contributed by atoms with Gasteiger partial charge in [-0.25, -0.2) is 4.79 Å². The van der Waals surface area contributed by atoms with Crippen molar-refractivity contribution in [3.63, 3.8) is 0 Å². The Morgan fingerprint density at radius 2 is 1.92 bits per heavy atom. The summed E-state index contributed by atoms with van der Waals surface area (Å²) < 4.78 is 9.58. The van der Waals surface area contributed by atoms with E-state index in [-0.39, 0.29) is 11.7 Å². The van der Waals surface area contributed by atoms with Crippen molar-refractivity contribution in [2.45, 2.75) is 13.5 Å². The summed E-state index contributed by atoms with van der Waals surface area (Å²) in [4.78, 5) is 35.2. The Morgan fingerprint density at radius 1 is 1.21 bits per heavy atom. The van der Waals surface area contributed by atoms with Gasteiger partial charge in [0.2, 0.25) is 5.76 Å². The lowest BCUT2D eigenvalue weighted by molar-refractivity contribution is -0.402. The first-order chi connectivity index (χ1) is 11.5. The average Bonchev–Trinajstić information content (AvgIpc) is 3.08. The molecule has 0 aliphatic rings. The van der Waals surface area contributed by atoms with Gasteiger partial charge in [0.15, 0.2) is 6.61 Å². The number of ether oxygens (including phenoxy) is 1. The summed E-state index contributed by atoms with van der Waals surface area (Å²) in [6.45, 7) is 2.21. The highest BCUT2D eigenvalue weighted by Crippen LogP contribution is 2.16. The average molecular weight is 332 g/mol. The van der Waals surface area contributed by atoms with Gasteiger partial charge in [0, 0.05) is 13.1 Å². The third-order valence-corrected chi connectivity index (χ3v) is 3.25. The molecule has 1 amide bonds. The number of rotatable bonds is 7. The maximum Gasteiger partial charge on any atom is 0.433 e. The number of hydrogen-bond donors (Lipinski definition) is 0. The van der Waals surface area contributed by atoms with Crippen molar-refractivity contribution < 1.29 is 23.7 Å². The van der Waals surface area contributed by atoms with Crippen LogP contribution in [0.1, 0.15) is 23.0 Å². The normalized spacial score (nSPS) is 10.2. The predicted octanol–water partition coefficient (Wildman–Crippen LogP) is 2.39. The second kappa shape index (κ2) is 7.91. The number of nitrogens with zero attached hydrogens (tertiary/aromatic N) is 2. The highest BCUT2D eigenvalue weighted by atomic mass is 16.7. The largest absolute Gasteiger partial charge is 0.450 e. The summed E-state index contributed by atoms with van der Waals surface area (Å²) in [5, 5.41) is 10.5. The van der Waals surface area contributed by atoms with Crippen molar-refractivity contribution in [1.29, 1.82) is 0 Å². The number of amides is 1. The molecule has 0 bridgehead atoms. The van der Waals surface area contributed by atoms with Gasteiger partial charge >= 0.3 is 11.9 Å². The number of esters is 1. The summed E-state index contributed by atoms with van der Waals surface area (Å²) in [6.07, 6.45) is 0. The van der Waals surface area contributed by atoms with Gasteiger partial charge in [-0.2, -0.15) is 0 Å². The molecule has 8 nitrogen and oxygen atoms in total. The van der Waals surface area contributed by atoms with Crippen molar-refractivity contribution >= 4 is 17.8 Å². The Balaban J connectivity index is 1.90. The van der Waals surface area contributed by atoms with Crippen LogP contribution in [0.3, 0.4) is 0 Å². The van der Waals surface area contributed by atoms with E-state index in [2.05, 4.69) is 0 Å². The minimum Gasteiger partial charge on any atom is -0.450 e. The number of hydrogen-bond acceptors (Lipinski definition) is 6. The molecule has 1 aromatic heterocycles. The Hall–Kier alpha value is -3.16. The first-order valence-corrected chi connectivity index (χ1v) is 7.24. The molecule has 0 radical (unpaired) electrons. The third-order valence-electron chi connectivity index (χ3n) is 3.25. The number of likely N-dealkylation sites (N-methyl/N-ethyl adjacent to an activating group) is 1. The van der Waals surface area contributed by atoms with Crippen LogP contribution in [0.4, 0.5) is 5.88 Å². The summed E-state index contributed by atoms with van der Waals surface area (Å²) >= 11 is 0. The summed E-state index contributed by atoms with van der Waals surface area (Å²) in [6, 6.07) is 11.6. The molecular formula is C16H16N2O6. The first-order valence-electron chi connectivity index (χ1n) is 7.24. The number of benzene rings is 1. The van der Waals surface area contributed by atoms with Gasteiger partial charge in [-0.15, -0.1) is 0 Å². The zero-order valence-corrected chi connectivity index (χ0v) is 13.0. The highest BCUT2D eigenvalue weighted by Gasteiger charge is 2.20. The van der Waals surface area contributed by atoms with Crippen molar-refractivity contribution in [3.05, 3.63) is 63.9 Å². The van der Waals surface area contributed by atoms with Crippen molar-refractivity contribution in [1.82, 2.24) is 4.90 Å². The molecule has 0 saturated carbocycles. The Labute approximate surface area is 137 Å². The summed E-state index contributed by atoms with van der Waals surface area (Å²) in [7, 11) is 0. The molecule has 1 aromatic carbocycles. The van der Waals surface area contributed by atoms with E-state index in [1.165, 1.54) is 4.90 Å². The van der Waals surface area contributed by atoms with E-state index in [9.17, 15) is 19.7 Å². The summed E-state index contributed by atoms with van der Waals surface area (Å²) in [5.74, 6) is -2.17. The second-order valence-electron chi connectivity index (χ2n) is 4.86. The highest BCUT2D eigenvalue weighted by molar-refractivity contribution is 5.89. The van der Waals surface area contributed by atoms with Gasteiger partial charge in [-0.05, 0) is 18.6 Å². The molecule has 1 heterocycles. The van der Waals surface area contributed by atoms with Crippen molar-refractivity contribution in [2.24, 2.45) is 0 Å². The van der Waals surface area contributed by atoms with Crippen LogP contribution < -0.4 is 0 Å². The molecule has 0 atom stereocenters. The van der Waals surface area contributed by atoms with Crippen LogP contribution >= 0.6 is 0 Å². The van der Waals surface area contributed by atoms with E-state index in [4.69, 9.17) is 9.15 Å². The molecule has 8 heteroatoms. The fraction of sp³-hybridized carbons (Fsp3) is 0.250. The molecule has 0 saturated heterocycles. The number of carbonyl (C=O) groups excluding carboxylic acids is 2. The van der Waals surface area contributed by atoms with Crippen LogP contribution in [0.15, 0.2) is 46.9 Å². The molecule has 0 fully saturated rings. The zero-order chi connectivity index (χ0) is 17.5. The monoisotopic (exact) mass is 332 g/mol. The maximum absolute atomic E-state index is 12.1. The molecule has 2 rings (SSSR count). The maximum atomic E-state index is 12.1. The summed E-state index contributed by atoms with van der Waals surface area (Å²) in [5.41, 5.74) is 0.959. The standard InChI is InChI=1S/C16H16N2O6/c1-2-17(10-12-6-4-3-5-7-12)14(19)11-23-16(20)13-8-9-15(24-13)18(21)22/h3-9H,2,10-11H2,1H3. The lowest BCUT2D eigenvalue weighted by Gasteiger charge is -2.20. The van der Waals surface area contributed by atoms with Gasteiger partial charge in [0.05, 0.1) is 6.07 Å². The Bertz CT molecular complexity index is 725. The lowest BCUT2D eigenvalue weighted by Crippen LogP contribution is -2.34. The van der Waals surface area contributed by atoms with Crippen LogP contribution in [0.25, 0.3) is 0 Å². The van der Waals surface area contributed by atoms with Crippen LogP contribution in [0.5, 0.6) is 0 Å². The lowest BCUT2D eigenvalue weighted by atomic mass is 10.2. The molecule has 126 valence electrons. The minimum atomic E-state index is -0.924. The van der Waals surface area contributed by atoms with E-state index >= 15 is 0 Å². The molecule has 0 aliphatic heterocycles. The van der Waals surface area contributed by atoms with Crippen molar-refractivity contribution in [2.75, 3.05) is 13.2 Å². The molecule has 0 N–H and O–H groups in total. The second-order valence-corrected chi connectivity index (χ2v) is 4.86. The molecule has 0 aliphatic carbocycles. The van der Waals surface area contributed by atoms with Gasteiger partial charge < -0.3 is 14.1 Å². The molecule has 2 aromatic rings. The smallest absolute Gasteiger partial charge is 0.433 e. The Morgan fingerprint density at radius 3 is 2.50 bits per heavy atom. The van der Waals surface area contributed by atoms with E-state index < -0.39 is 23.4 Å². The SMILES string of the molecule is CCN(Cc1ccccc1)C(=O)COC(=O)c1ccc([N+](=O)[O-])o1. The van der Waals surface area contributed by atoms with Gasteiger partial charge in [0.25, 0.3) is 5.91 Å². The molecule has 0 unspecified atom stereocenters. The molecular weight excluding hydrogens is 316 g/mol.